The fourth-order valence-corrected chi connectivity index (χ4v) is 4.31. The van der Waals surface area contributed by atoms with Gasteiger partial charge in [0.1, 0.15) is 11.0 Å². The van der Waals surface area contributed by atoms with E-state index in [1.54, 1.807) is 0 Å². The molecule has 146 valence electrons. The van der Waals surface area contributed by atoms with Crippen molar-refractivity contribution in [3.05, 3.63) is 51.6 Å². The molecule has 0 saturated heterocycles. The molecule has 0 aliphatic carbocycles. The molecule has 1 aliphatic heterocycles. The monoisotopic (exact) mass is 399 g/mol. The zero-order chi connectivity index (χ0) is 19.8. The van der Waals surface area contributed by atoms with Gasteiger partial charge >= 0.3 is 0 Å². The molecule has 4 rings (SSSR count). The number of halogens is 1. The third-order valence-corrected chi connectivity index (χ3v) is 5.63. The Morgan fingerprint density at radius 3 is 2.86 bits per heavy atom. The number of fused-ring (bicyclic) bond motifs is 1. The molecular formula is C19H22ClN7O. The number of aryl methyl sites for hydroxylation is 1. The van der Waals surface area contributed by atoms with Crippen molar-refractivity contribution < 1.29 is 4.42 Å². The Labute approximate surface area is 168 Å². The van der Waals surface area contributed by atoms with Crippen molar-refractivity contribution in [1.29, 1.82) is 0 Å². The highest BCUT2D eigenvalue weighted by Gasteiger charge is 2.35. The van der Waals surface area contributed by atoms with Crippen LogP contribution in [0.3, 0.4) is 0 Å². The number of nitrogens with zero attached hydrogens (tertiary/aromatic N) is 6. The Kier molecular flexibility index (Phi) is 4.89. The average Bonchev–Trinajstić information content (AvgIpc) is 3.27. The highest BCUT2D eigenvalue weighted by atomic mass is 35.5. The normalized spacial score (nSPS) is 15.9. The second kappa shape index (κ2) is 7.35. The number of pyridine rings is 1. The minimum Gasteiger partial charge on any atom is -0.428 e. The maximum absolute atomic E-state index is 6.44. The molecule has 0 spiro atoms. The van der Waals surface area contributed by atoms with Crippen molar-refractivity contribution in [1.82, 2.24) is 25.1 Å². The largest absolute Gasteiger partial charge is 0.428 e. The van der Waals surface area contributed by atoms with Crippen LogP contribution >= 0.6 is 11.6 Å². The second-order valence-electron chi connectivity index (χ2n) is 7.07. The quantitative estimate of drug-likeness (QED) is 0.652. The van der Waals surface area contributed by atoms with E-state index in [-0.39, 0.29) is 11.9 Å². The van der Waals surface area contributed by atoms with Gasteiger partial charge in [-0.1, -0.05) is 18.5 Å². The fourth-order valence-electron chi connectivity index (χ4n) is 3.99. The van der Waals surface area contributed by atoms with Gasteiger partial charge in [0, 0.05) is 30.6 Å². The predicted molar refractivity (Wildman–Crippen MR) is 106 cm³/mol. The number of hydrogen-bond acceptors (Lipinski definition) is 8. The highest BCUT2D eigenvalue weighted by molar-refractivity contribution is 6.30. The Morgan fingerprint density at radius 1 is 1.32 bits per heavy atom. The van der Waals surface area contributed by atoms with E-state index < -0.39 is 0 Å². The summed E-state index contributed by atoms with van der Waals surface area (Å²) < 4.78 is 5.33. The number of aromatic nitrogens is 5. The van der Waals surface area contributed by atoms with Gasteiger partial charge < -0.3 is 15.1 Å². The summed E-state index contributed by atoms with van der Waals surface area (Å²) in [6.45, 7) is 7.72. The maximum Gasteiger partial charge on any atom is 0.223 e. The number of nitrogen functional groups attached to an aromatic ring is 1. The summed E-state index contributed by atoms with van der Waals surface area (Å²) in [6, 6.07) is 0. The van der Waals surface area contributed by atoms with Gasteiger partial charge in [-0.15, -0.1) is 10.2 Å². The molecular weight excluding hydrogens is 378 g/mol. The molecule has 8 nitrogen and oxygen atoms in total. The first kappa shape index (κ1) is 18.6. The van der Waals surface area contributed by atoms with Gasteiger partial charge in [0.15, 0.2) is 0 Å². The fraction of sp³-hybridized carbons (Fsp3) is 0.421. The molecule has 1 atom stereocenters. The Morgan fingerprint density at radius 2 is 2.14 bits per heavy atom. The molecule has 0 fully saturated rings. The van der Waals surface area contributed by atoms with E-state index in [2.05, 4.69) is 50.8 Å². The van der Waals surface area contributed by atoms with Crippen LogP contribution in [0.15, 0.2) is 17.0 Å². The van der Waals surface area contributed by atoms with Crippen molar-refractivity contribution in [2.45, 2.75) is 46.1 Å². The Hall–Kier alpha value is -2.74. The molecule has 0 aromatic carbocycles. The van der Waals surface area contributed by atoms with Crippen LogP contribution in [0.25, 0.3) is 0 Å². The predicted octanol–water partition coefficient (Wildman–Crippen LogP) is 3.02. The van der Waals surface area contributed by atoms with Crippen LogP contribution in [0.1, 0.15) is 46.7 Å². The Balaban J connectivity index is 1.69. The Bertz CT molecular complexity index is 1010. The number of hydrogen-bond donors (Lipinski definition) is 1. The summed E-state index contributed by atoms with van der Waals surface area (Å²) in [5, 5.41) is 8.13. The molecule has 0 amide bonds. The van der Waals surface area contributed by atoms with Crippen molar-refractivity contribution in [3.8, 4) is 0 Å². The maximum atomic E-state index is 6.44. The zero-order valence-electron chi connectivity index (χ0n) is 16.1. The molecule has 0 saturated carbocycles. The number of rotatable bonds is 5. The van der Waals surface area contributed by atoms with Gasteiger partial charge in [-0.2, -0.15) is 4.98 Å². The first-order chi connectivity index (χ1) is 13.5. The number of anilines is 2. The lowest BCUT2D eigenvalue weighted by Gasteiger charge is -2.21. The van der Waals surface area contributed by atoms with Crippen LogP contribution in [0, 0.1) is 13.8 Å². The molecule has 3 aromatic heterocycles. The van der Waals surface area contributed by atoms with E-state index in [1.165, 1.54) is 23.1 Å². The van der Waals surface area contributed by atoms with Crippen molar-refractivity contribution in [2.24, 2.45) is 0 Å². The molecule has 1 unspecified atom stereocenters. The van der Waals surface area contributed by atoms with Crippen LogP contribution in [0.2, 0.25) is 5.15 Å². The van der Waals surface area contributed by atoms with Crippen molar-refractivity contribution in [3.63, 3.8) is 0 Å². The van der Waals surface area contributed by atoms with E-state index in [0.29, 0.717) is 30.6 Å². The molecule has 0 radical (unpaired) electrons. The second-order valence-corrected chi connectivity index (χ2v) is 7.43. The smallest absolute Gasteiger partial charge is 0.223 e. The topological polar surface area (TPSA) is 107 Å². The van der Waals surface area contributed by atoms with E-state index in [0.717, 1.165) is 23.5 Å². The van der Waals surface area contributed by atoms with E-state index in [1.807, 2.05) is 6.20 Å². The van der Waals surface area contributed by atoms with Gasteiger partial charge in [0.25, 0.3) is 0 Å². The highest BCUT2D eigenvalue weighted by Crippen LogP contribution is 2.41. The van der Waals surface area contributed by atoms with E-state index >= 15 is 0 Å². The van der Waals surface area contributed by atoms with Crippen LogP contribution in [-0.2, 0) is 19.4 Å². The van der Waals surface area contributed by atoms with Crippen LogP contribution < -0.4 is 10.6 Å². The van der Waals surface area contributed by atoms with E-state index in [9.17, 15) is 0 Å². The summed E-state index contributed by atoms with van der Waals surface area (Å²) in [4.78, 5) is 15.5. The third kappa shape index (κ3) is 3.28. The molecule has 2 N–H and O–H groups in total. The van der Waals surface area contributed by atoms with Gasteiger partial charge in [0.2, 0.25) is 18.2 Å². The van der Waals surface area contributed by atoms with Gasteiger partial charge in [-0.05, 0) is 37.0 Å². The van der Waals surface area contributed by atoms with Gasteiger partial charge in [0.05, 0.1) is 12.2 Å². The van der Waals surface area contributed by atoms with Crippen LogP contribution in [-0.4, -0.2) is 31.7 Å². The van der Waals surface area contributed by atoms with Crippen LogP contribution in [0.4, 0.5) is 11.8 Å². The lowest BCUT2D eigenvalue weighted by Crippen LogP contribution is -2.24. The molecule has 4 heterocycles. The summed E-state index contributed by atoms with van der Waals surface area (Å²) in [7, 11) is 0. The van der Waals surface area contributed by atoms with E-state index in [4.69, 9.17) is 21.8 Å². The first-order valence-electron chi connectivity index (χ1n) is 9.24. The van der Waals surface area contributed by atoms with Gasteiger partial charge in [-0.25, -0.2) is 4.98 Å². The molecule has 28 heavy (non-hydrogen) atoms. The van der Waals surface area contributed by atoms with Crippen molar-refractivity contribution >= 4 is 23.4 Å². The lowest BCUT2D eigenvalue weighted by atomic mass is 10.0. The van der Waals surface area contributed by atoms with Gasteiger partial charge in [-0.3, -0.25) is 4.98 Å². The minimum absolute atomic E-state index is 0.0416. The summed E-state index contributed by atoms with van der Waals surface area (Å²) in [6.07, 6.45) is 4.81. The van der Waals surface area contributed by atoms with Crippen molar-refractivity contribution in [2.75, 3.05) is 17.2 Å². The molecule has 9 heteroatoms. The summed E-state index contributed by atoms with van der Waals surface area (Å²) >= 11 is 6.44. The summed E-state index contributed by atoms with van der Waals surface area (Å²) in [5.74, 6) is 1.51. The standard InChI is InChI=1S/C19H22ClN7O/c1-4-13-10(2)6-22-14(11(13)3)8-27-7-12(5-15-26-23-9-28-15)16-17(20)24-19(21)25-18(16)27/h6,9,12H,4-5,7-8H2,1-3H3,(H2,21,24,25). The first-order valence-corrected chi connectivity index (χ1v) is 9.62. The lowest BCUT2D eigenvalue weighted by molar-refractivity contribution is 0.473. The minimum atomic E-state index is 0.0416. The molecule has 0 bridgehead atoms. The SMILES string of the molecule is CCc1c(C)cnc(CN2CC(Cc3nnco3)c3c(Cl)nc(N)nc32)c1C. The number of nitrogens with two attached hydrogens (primary N) is 1. The third-order valence-electron chi connectivity index (χ3n) is 5.34. The average molecular weight is 400 g/mol. The molecule has 1 aliphatic rings. The molecule has 3 aromatic rings. The summed E-state index contributed by atoms with van der Waals surface area (Å²) in [5.41, 5.74) is 11.5. The zero-order valence-corrected chi connectivity index (χ0v) is 16.9. The van der Waals surface area contributed by atoms with Crippen LogP contribution in [0.5, 0.6) is 0 Å².